The highest BCUT2D eigenvalue weighted by molar-refractivity contribution is 6.32. The van der Waals surface area contributed by atoms with Crippen LogP contribution in [0.3, 0.4) is 0 Å². The van der Waals surface area contributed by atoms with E-state index in [9.17, 15) is 9.90 Å². The number of aromatic hydroxyl groups is 1. The summed E-state index contributed by atoms with van der Waals surface area (Å²) >= 11 is 6.09. The van der Waals surface area contributed by atoms with E-state index in [1.54, 1.807) is 36.4 Å². The zero-order valence-electron chi connectivity index (χ0n) is 11.7. The molecule has 0 radical (unpaired) electrons. The Morgan fingerprint density at radius 2 is 1.95 bits per heavy atom. The molecule has 0 unspecified atom stereocenters. The van der Waals surface area contributed by atoms with Crippen LogP contribution in [0.2, 0.25) is 5.02 Å². The van der Waals surface area contributed by atoms with Gasteiger partial charge in [-0.2, -0.15) is 0 Å². The lowest BCUT2D eigenvalue weighted by atomic mass is 10.0. The van der Waals surface area contributed by atoms with E-state index < -0.39 is 0 Å². The molecule has 0 saturated heterocycles. The minimum atomic E-state index is -0.122. The quantitative estimate of drug-likeness (QED) is 0.859. The molecule has 1 N–H and O–H groups in total. The van der Waals surface area contributed by atoms with Crippen LogP contribution >= 0.6 is 11.6 Å². The summed E-state index contributed by atoms with van der Waals surface area (Å²) in [5, 5.41) is 9.74. The van der Waals surface area contributed by atoms with Crippen LogP contribution in [-0.2, 0) is 6.42 Å². The van der Waals surface area contributed by atoms with E-state index in [2.05, 4.69) is 0 Å². The van der Waals surface area contributed by atoms with E-state index in [4.69, 9.17) is 21.1 Å². The molecule has 0 fully saturated rings. The van der Waals surface area contributed by atoms with Gasteiger partial charge in [-0.3, -0.25) is 4.79 Å². The zero-order valence-corrected chi connectivity index (χ0v) is 12.5. The molecule has 110 valence electrons. The molecule has 2 aromatic carbocycles. The van der Waals surface area contributed by atoms with Crippen LogP contribution in [0.4, 0.5) is 0 Å². The first-order valence-electron chi connectivity index (χ1n) is 6.27. The molecule has 21 heavy (non-hydrogen) atoms. The fourth-order valence-electron chi connectivity index (χ4n) is 2.03. The van der Waals surface area contributed by atoms with Gasteiger partial charge in [-0.15, -0.1) is 0 Å². The van der Waals surface area contributed by atoms with Crippen molar-refractivity contribution in [2.45, 2.75) is 6.42 Å². The first-order valence-corrected chi connectivity index (χ1v) is 6.65. The molecule has 0 saturated carbocycles. The molecule has 2 aromatic rings. The number of benzene rings is 2. The Morgan fingerprint density at radius 1 is 1.19 bits per heavy atom. The van der Waals surface area contributed by atoms with Crippen molar-refractivity contribution in [2.75, 3.05) is 14.2 Å². The Kier molecular flexibility index (Phi) is 4.70. The van der Waals surface area contributed by atoms with Gasteiger partial charge in [0, 0.05) is 12.0 Å². The number of methoxy groups -OCH3 is 2. The van der Waals surface area contributed by atoms with Crippen molar-refractivity contribution >= 4 is 17.4 Å². The Balaban J connectivity index is 2.29. The third-order valence-electron chi connectivity index (χ3n) is 3.03. The van der Waals surface area contributed by atoms with Crippen LogP contribution in [0.15, 0.2) is 36.4 Å². The van der Waals surface area contributed by atoms with Crippen molar-refractivity contribution in [1.29, 1.82) is 0 Å². The summed E-state index contributed by atoms with van der Waals surface area (Å²) in [7, 11) is 2.97. The Bertz CT molecular complexity index is 667. The fraction of sp³-hybridized carbons (Fsp3) is 0.188. The largest absolute Gasteiger partial charge is 0.508 e. The molecule has 0 heterocycles. The number of rotatable bonds is 5. The standard InChI is InChI=1S/C16H15ClO4/c1-20-15-9-11(8-13(17)16(15)21-2)14(19)7-10-4-3-5-12(18)6-10/h3-6,8-9,18H,7H2,1-2H3. The summed E-state index contributed by atoms with van der Waals surface area (Å²) < 4.78 is 10.3. The van der Waals surface area contributed by atoms with Crippen molar-refractivity contribution in [3.8, 4) is 17.2 Å². The van der Waals surface area contributed by atoms with Crippen molar-refractivity contribution in [1.82, 2.24) is 0 Å². The van der Waals surface area contributed by atoms with Gasteiger partial charge in [0.15, 0.2) is 17.3 Å². The van der Waals surface area contributed by atoms with E-state index in [-0.39, 0.29) is 18.0 Å². The number of carbonyl (C=O) groups is 1. The average Bonchev–Trinajstić information content (AvgIpc) is 2.46. The molecule has 0 aliphatic carbocycles. The van der Waals surface area contributed by atoms with Crippen molar-refractivity contribution in [3.63, 3.8) is 0 Å². The van der Waals surface area contributed by atoms with Crippen molar-refractivity contribution in [3.05, 3.63) is 52.5 Å². The molecule has 0 aliphatic heterocycles. The van der Waals surface area contributed by atoms with E-state index in [1.165, 1.54) is 14.2 Å². The van der Waals surface area contributed by atoms with Crippen molar-refractivity contribution < 1.29 is 19.4 Å². The highest BCUT2D eigenvalue weighted by Crippen LogP contribution is 2.36. The predicted octanol–water partition coefficient (Wildman–Crippen LogP) is 3.49. The minimum absolute atomic E-state index is 0.122. The van der Waals surface area contributed by atoms with E-state index in [1.807, 2.05) is 0 Å². The average molecular weight is 307 g/mol. The van der Waals surface area contributed by atoms with Crippen LogP contribution in [0, 0.1) is 0 Å². The number of Topliss-reactive ketones (excluding diaryl/α,β-unsaturated/α-hetero) is 1. The Morgan fingerprint density at radius 3 is 2.57 bits per heavy atom. The molecule has 5 heteroatoms. The van der Waals surface area contributed by atoms with Gasteiger partial charge in [0.05, 0.1) is 19.2 Å². The topological polar surface area (TPSA) is 55.8 Å². The lowest BCUT2D eigenvalue weighted by molar-refractivity contribution is 0.0992. The molecule has 0 bridgehead atoms. The number of ether oxygens (including phenoxy) is 2. The van der Waals surface area contributed by atoms with Gasteiger partial charge in [0.1, 0.15) is 5.75 Å². The lowest BCUT2D eigenvalue weighted by Gasteiger charge is -2.11. The smallest absolute Gasteiger partial charge is 0.179 e. The first-order chi connectivity index (χ1) is 10.0. The fourth-order valence-corrected chi connectivity index (χ4v) is 2.32. The molecule has 0 aromatic heterocycles. The monoisotopic (exact) mass is 306 g/mol. The number of phenolic OH excluding ortho intramolecular Hbond substituents is 1. The van der Waals surface area contributed by atoms with Gasteiger partial charge in [0.25, 0.3) is 0 Å². The molecule has 0 spiro atoms. The third kappa shape index (κ3) is 3.47. The second-order valence-electron chi connectivity index (χ2n) is 4.46. The maximum absolute atomic E-state index is 12.3. The number of carbonyl (C=O) groups excluding carboxylic acids is 1. The van der Waals surface area contributed by atoms with Crippen LogP contribution in [0.5, 0.6) is 17.2 Å². The number of halogens is 1. The summed E-state index contributed by atoms with van der Waals surface area (Å²) in [4.78, 5) is 12.3. The highest BCUT2D eigenvalue weighted by Gasteiger charge is 2.15. The normalized spacial score (nSPS) is 10.2. The lowest BCUT2D eigenvalue weighted by Crippen LogP contribution is -2.05. The minimum Gasteiger partial charge on any atom is -0.508 e. The molecule has 0 atom stereocenters. The Labute approximate surface area is 127 Å². The SMILES string of the molecule is COc1cc(C(=O)Cc2cccc(O)c2)cc(Cl)c1OC. The molecule has 4 nitrogen and oxygen atoms in total. The first kappa shape index (κ1) is 15.2. The molecule has 0 aliphatic rings. The highest BCUT2D eigenvalue weighted by atomic mass is 35.5. The van der Waals surface area contributed by atoms with Crippen LogP contribution in [-0.4, -0.2) is 25.1 Å². The van der Waals surface area contributed by atoms with Gasteiger partial charge in [-0.25, -0.2) is 0 Å². The van der Waals surface area contributed by atoms with Gasteiger partial charge in [-0.1, -0.05) is 23.7 Å². The van der Waals surface area contributed by atoms with Crippen molar-refractivity contribution in [2.24, 2.45) is 0 Å². The van der Waals surface area contributed by atoms with E-state index in [0.717, 1.165) is 5.56 Å². The van der Waals surface area contributed by atoms with Crippen LogP contribution < -0.4 is 9.47 Å². The third-order valence-corrected chi connectivity index (χ3v) is 3.31. The van der Waals surface area contributed by atoms with E-state index >= 15 is 0 Å². The van der Waals surface area contributed by atoms with Gasteiger partial charge >= 0.3 is 0 Å². The van der Waals surface area contributed by atoms with Gasteiger partial charge in [0.2, 0.25) is 0 Å². The number of phenols is 1. The summed E-state index contributed by atoms with van der Waals surface area (Å²) in [5.41, 5.74) is 1.16. The molecule has 2 rings (SSSR count). The number of ketones is 1. The Hall–Kier alpha value is -2.20. The van der Waals surface area contributed by atoms with Crippen LogP contribution in [0.25, 0.3) is 0 Å². The second-order valence-corrected chi connectivity index (χ2v) is 4.87. The van der Waals surface area contributed by atoms with Gasteiger partial charge in [-0.05, 0) is 29.8 Å². The predicted molar refractivity (Wildman–Crippen MR) is 80.7 cm³/mol. The number of hydrogen-bond acceptors (Lipinski definition) is 4. The molecular formula is C16H15ClO4. The maximum atomic E-state index is 12.3. The van der Waals surface area contributed by atoms with Gasteiger partial charge < -0.3 is 14.6 Å². The summed E-state index contributed by atoms with van der Waals surface area (Å²) in [6.45, 7) is 0. The maximum Gasteiger partial charge on any atom is 0.179 e. The number of hydrogen-bond donors (Lipinski definition) is 1. The second kappa shape index (κ2) is 6.50. The zero-order chi connectivity index (χ0) is 15.4. The summed E-state index contributed by atoms with van der Waals surface area (Å²) in [6.07, 6.45) is 0.167. The summed E-state index contributed by atoms with van der Waals surface area (Å²) in [6, 6.07) is 9.73. The molecule has 0 amide bonds. The summed E-state index contributed by atoms with van der Waals surface area (Å²) in [5.74, 6) is 0.812. The molecular weight excluding hydrogens is 292 g/mol. The van der Waals surface area contributed by atoms with Crippen LogP contribution in [0.1, 0.15) is 15.9 Å². The van der Waals surface area contributed by atoms with E-state index in [0.29, 0.717) is 22.1 Å².